The number of halogens is 1. The first-order chi connectivity index (χ1) is 15.6. The summed E-state index contributed by atoms with van der Waals surface area (Å²) in [4.78, 5) is 16.9. The summed E-state index contributed by atoms with van der Waals surface area (Å²) in [5.74, 6) is 0.0792. The maximum atomic E-state index is 12.2. The Balaban J connectivity index is 1.38. The van der Waals surface area contributed by atoms with E-state index >= 15 is 0 Å². The number of ether oxygens (including phenoxy) is 2. The van der Waals surface area contributed by atoms with Gasteiger partial charge in [0.15, 0.2) is 5.69 Å². The molecule has 1 aromatic heterocycles. The average molecular weight is 456 g/mol. The third kappa shape index (κ3) is 5.38. The van der Waals surface area contributed by atoms with Gasteiger partial charge in [0.1, 0.15) is 18.1 Å². The number of carbonyl (C=O) groups is 1. The summed E-state index contributed by atoms with van der Waals surface area (Å²) in [5, 5.41) is 8.80. The van der Waals surface area contributed by atoms with Crippen molar-refractivity contribution < 1.29 is 14.3 Å². The predicted molar refractivity (Wildman–Crippen MR) is 122 cm³/mol. The van der Waals surface area contributed by atoms with Crippen molar-refractivity contribution in [2.24, 2.45) is 0 Å². The molecule has 9 heteroatoms. The van der Waals surface area contributed by atoms with Crippen LogP contribution < -0.4 is 9.64 Å². The van der Waals surface area contributed by atoms with Crippen LogP contribution in [0.1, 0.15) is 16.2 Å². The van der Waals surface area contributed by atoms with Gasteiger partial charge in [-0.3, -0.25) is 4.90 Å². The van der Waals surface area contributed by atoms with Gasteiger partial charge in [-0.2, -0.15) is 0 Å². The zero-order chi connectivity index (χ0) is 22.3. The third-order valence-electron chi connectivity index (χ3n) is 5.51. The standard InChI is InChI=1S/C23H26ClN5O3/c1-31-23(30)22-21(17-32-20-9-5-6-18(24)16-20)29(26-25-22)15-12-27-10-13-28(14-11-27)19-7-3-2-4-8-19/h2-9,16H,10-15,17H2,1H3. The van der Waals surface area contributed by atoms with Crippen molar-refractivity contribution in [3.63, 3.8) is 0 Å². The normalized spacial score (nSPS) is 14.4. The largest absolute Gasteiger partial charge is 0.487 e. The Morgan fingerprint density at radius 3 is 2.53 bits per heavy atom. The molecular weight excluding hydrogens is 430 g/mol. The number of carbonyl (C=O) groups excluding carboxylic acids is 1. The lowest BCUT2D eigenvalue weighted by molar-refractivity contribution is 0.0590. The Hall–Kier alpha value is -3.10. The van der Waals surface area contributed by atoms with Crippen molar-refractivity contribution >= 4 is 23.3 Å². The van der Waals surface area contributed by atoms with E-state index in [4.69, 9.17) is 21.1 Å². The molecule has 4 rings (SSSR count). The number of esters is 1. The Kier molecular flexibility index (Phi) is 7.24. The summed E-state index contributed by atoms with van der Waals surface area (Å²) < 4.78 is 12.4. The maximum Gasteiger partial charge on any atom is 0.360 e. The lowest BCUT2D eigenvalue weighted by Gasteiger charge is -2.36. The summed E-state index contributed by atoms with van der Waals surface area (Å²) in [6, 6.07) is 17.6. The molecule has 1 aliphatic rings. The number of piperazine rings is 1. The number of para-hydroxylation sites is 1. The van der Waals surface area contributed by atoms with E-state index in [-0.39, 0.29) is 12.3 Å². The van der Waals surface area contributed by atoms with Gasteiger partial charge in [-0.15, -0.1) is 5.10 Å². The van der Waals surface area contributed by atoms with E-state index in [9.17, 15) is 4.79 Å². The molecule has 8 nitrogen and oxygen atoms in total. The van der Waals surface area contributed by atoms with Gasteiger partial charge in [0.2, 0.25) is 0 Å². The molecule has 0 aliphatic carbocycles. The van der Waals surface area contributed by atoms with Gasteiger partial charge in [0.05, 0.1) is 13.7 Å². The van der Waals surface area contributed by atoms with E-state index in [1.54, 1.807) is 16.8 Å². The molecule has 0 saturated carbocycles. The monoisotopic (exact) mass is 455 g/mol. The van der Waals surface area contributed by atoms with Crippen LogP contribution in [0.2, 0.25) is 5.02 Å². The first kappa shape index (κ1) is 22.1. The van der Waals surface area contributed by atoms with Crippen LogP contribution in [0.4, 0.5) is 5.69 Å². The second kappa shape index (κ2) is 10.5. The van der Waals surface area contributed by atoms with Crippen molar-refractivity contribution in [1.29, 1.82) is 0 Å². The van der Waals surface area contributed by atoms with Crippen molar-refractivity contribution in [2.45, 2.75) is 13.2 Å². The van der Waals surface area contributed by atoms with Crippen LogP contribution in [-0.2, 0) is 17.9 Å². The van der Waals surface area contributed by atoms with Gasteiger partial charge in [-0.25, -0.2) is 9.48 Å². The molecule has 1 aliphatic heterocycles. The molecule has 0 unspecified atom stereocenters. The molecule has 168 valence electrons. The lowest BCUT2D eigenvalue weighted by atomic mass is 10.2. The van der Waals surface area contributed by atoms with Crippen LogP contribution in [0, 0.1) is 0 Å². The highest BCUT2D eigenvalue weighted by Crippen LogP contribution is 2.20. The zero-order valence-electron chi connectivity index (χ0n) is 18.0. The van der Waals surface area contributed by atoms with Gasteiger partial charge in [-0.1, -0.05) is 41.1 Å². The number of benzene rings is 2. The third-order valence-corrected chi connectivity index (χ3v) is 5.74. The predicted octanol–water partition coefficient (Wildman–Crippen LogP) is 3.12. The average Bonchev–Trinajstić information content (AvgIpc) is 3.24. The number of anilines is 1. The summed E-state index contributed by atoms with van der Waals surface area (Å²) in [5.41, 5.74) is 2.01. The molecule has 2 aromatic carbocycles. The molecule has 0 N–H and O–H groups in total. The van der Waals surface area contributed by atoms with E-state index in [0.29, 0.717) is 23.0 Å². The number of nitrogens with zero attached hydrogens (tertiary/aromatic N) is 5. The van der Waals surface area contributed by atoms with E-state index in [2.05, 4.69) is 44.4 Å². The molecule has 0 atom stereocenters. The molecule has 1 fully saturated rings. The quantitative estimate of drug-likeness (QED) is 0.483. The summed E-state index contributed by atoms with van der Waals surface area (Å²) in [6.07, 6.45) is 0. The number of hydrogen-bond acceptors (Lipinski definition) is 7. The summed E-state index contributed by atoms with van der Waals surface area (Å²) in [6.45, 7) is 5.41. The van der Waals surface area contributed by atoms with E-state index < -0.39 is 5.97 Å². The molecule has 1 saturated heterocycles. The maximum absolute atomic E-state index is 12.2. The highest BCUT2D eigenvalue weighted by atomic mass is 35.5. The van der Waals surface area contributed by atoms with E-state index in [1.807, 2.05) is 18.2 Å². The van der Waals surface area contributed by atoms with Crippen LogP contribution in [0.5, 0.6) is 5.75 Å². The number of aromatic nitrogens is 3. The molecule has 0 amide bonds. The summed E-state index contributed by atoms with van der Waals surface area (Å²) >= 11 is 6.03. The van der Waals surface area contributed by atoms with Crippen molar-refractivity contribution in [3.05, 3.63) is 71.0 Å². The Labute approximate surface area is 192 Å². The molecule has 0 radical (unpaired) electrons. The second-order valence-electron chi connectivity index (χ2n) is 7.51. The molecular formula is C23H26ClN5O3. The fourth-order valence-corrected chi connectivity index (χ4v) is 3.90. The Morgan fingerprint density at radius 1 is 1.03 bits per heavy atom. The van der Waals surface area contributed by atoms with Crippen LogP contribution in [-0.4, -0.2) is 65.7 Å². The van der Waals surface area contributed by atoms with Gasteiger partial charge in [-0.05, 0) is 30.3 Å². The van der Waals surface area contributed by atoms with Crippen LogP contribution in [0.3, 0.4) is 0 Å². The zero-order valence-corrected chi connectivity index (χ0v) is 18.7. The molecule has 0 spiro atoms. The molecule has 3 aromatic rings. The van der Waals surface area contributed by atoms with Crippen molar-refractivity contribution in [2.75, 3.05) is 44.7 Å². The van der Waals surface area contributed by atoms with Crippen LogP contribution in [0.15, 0.2) is 54.6 Å². The number of methoxy groups -OCH3 is 1. The number of rotatable bonds is 8. The topological polar surface area (TPSA) is 72.7 Å². The van der Waals surface area contributed by atoms with E-state index in [0.717, 1.165) is 32.7 Å². The minimum absolute atomic E-state index is 0.138. The Morgan fingerprint density at radius 2 is 1.81 bits per heavy atom. The highest BCUT2D eigenvalue weighted by Gasteiger charge is 2.22. The summed E-state index contributed by atoms with van der Waals surface area (Å²) in [7, 11) is 1.33. The van der Waals surface area contributed by atoms with Gasteiger partial charge >= 0.3 is 5.97 Å². The minimum Gasteiger partial charge on any atom is -0.487 e. The first-order valence-electron chi connectivity index (χ1n) is 10.6. The van der Waals surface area contributed by atoms with Crippen molar-refractivity contribution in [3.8, 4) is 5.75 Å². The first-order valence-corrected chi connectivity index (χ1v) is 10.9. The van der Waals surface area contributed by atoms with Crippen LogP contribution in [0.25, 0.3) is 0 Å². The SMILES string of the molecule is COC(=O)c1nnn(CCN2CCN(c3ccccc3)CC2)c1COc1cccc(Cl)c1. The molecule has 0 bridgehead atoms. The molecule has 32 heavy (non-hydrogen) atoms. The van der Waals surface area contributed by atoms with Gasteiger partial charge in [0.25, 0.3) is 0 Å². The minimum atomic E-state index is -0.530. The Bertz CT molecular complexity index is 1040. The van der Waals surface area contributed by atoms with Gasteiger partial charge in [0, 0.05) is 43.4 Å². The van der Waals surface area contributed by atoms with Crippen molar-refractivity contribution in [1.82, 2.24) is 19.9 Å². The second-order valence-corrected chi connectivity index (χ2v) is 7.95. The van der Waals surface area contributed by atoms with Gasteiger partial charge < -0.3 is 14.4 Å². The van der Waals surface area contributed by atoms with E-state index in [1.165, 1.54) is 12.8 Å². The smallest absolute Gasteiger partial charge is 0.360 e. The highest BCUT2D eigenvalue weighted by molar-refractivity contribution is 6.30. The fourth-order valence-electron chi connectivity index (χ4n) is 3.72. The number of hydrogen-bond donors (Lipinski definition) is 0. The lowest BCUT2D eigenvalue weighted by Crippen LogP contribution is -2.47. The van der Waals surface area contributed by atoms with Crippen LogP contribution >= 0.6 is 11.6 Å². The fraction of sp³-hybridized carbons (Fsp3) is 0.348. The molecule has 2 heterocycles.